The smallest absolute Gasteiger partial charge is 0.148 e. The minimum Gasteiger partial charge on any atom is -0.330 e. The molecule has 0 fully saturated rings. The van der Waals surface area contributed by atoms with Crippen LogP contribution in [0.2, 0.25) is 0 Å². The van der Waals surface area contributed by atoms with Crippen molar-refractivity contribution >= 4 is 9.84 Å². The van der Waals surface area contributed by atoms with E-state index in [0.717, 1.165) is 0 Å². The van der Waals surface area contributed by atoms with Crippen molar-refractivity contribution < 1.29 is 8.42 Å². The summed E-state index contributed by atoms with van der Waals surface area (Å²) in [5, 5.41) is 0. The summed E-state index contributed by atoms with van der Waals surface area (Å²) in [6.45, 7) is 5.34. The van der Waals surface area contributed by atoms with Gasteiger partial charge in [-0.1, -0.05) is 6.92 Å². The Bertz CT molecular complexity index is 252. The van der Waals surface area contributed by atoms with E-state index in [1.807, 2.05) is 11.9 Å². The third kappa shape index (κ3) is 5.57. The number of hydrogen-bond acceptors (Lipinski definition) is 4. The molecule has 0 aliphatic heterocycles. The van der Waals surface area contributed by atoms with Gasteiger partial charge >= 0.3 is 0 Å². The van der Waals surface area contributed by atoms with E-state index in [4.69, 9.17) is 5.73 Å². The van der Waals surface area contributed by atoms with Crippen LogP contribution in [0.4, 0.5) is 0 Å². The molecule has 0 aromatic heterocycles. The maximum absolute atomic E-state index is 10.9. The zero-order valence-electron chi connectivity index (χ0n) is 9.53. The Balaban J connectivity index is 4.02. The first-order valence-electron chi connectivity index (χ1n) is 4.86. The van der Waals surface area contributed by atoms with Crippen LogP contribution in [0.5, 0.6) is 0 Å². The van der Waals surface area contributed by atoms with Crippen molar-refractivity contribution in [2.45, 2.75) is 19.9 Å². The summed E-state index contributed by atoms with van der Waals surface area (Å²) in [7, 11) is -0.926. The van der Waals surface area contributed by atoms with Crippen molar-refractivity contribution in [3.05, 3.63) is 0 Å². The van der Waals surface area contributed by atoms with E-state index in [1.54, 1.807) is 0 Å². The molecule has 4 nitrogen and oxygen atoms in total. The third-order valence-corrected chi connectivity index (χ3v) is 3.63. The third-order valence-electron chi connectivity index (χ3n) is 2.71. The van der Waals surface area contributed by atoms with E-state index in [1.165, 1.54) is 6.26 Å². The topological polar surface area (TPSA) is 63.4 Å². The second-order valence-corrected chi connectivity index (χ2v) is 6.32. The van der Waals surface area contributed by atoms with Gasteiger partial charge in [-0.2, -0.15) is 0 Å². The standard InChI is InChI=1S/C9H22N2O2S/c1-8(7-10)9(2)11(3)5-6-14(4,12)13/h8-9H,5-7,10H2,1-4H3. The van der Waals surface area contributed by atoms with Crippen LogP contribution >= 0.6 is 0 Å². The Morgan fingerprint density at radius 2 is 1.86 bits per heavy atom. The summed E-state index contributed by atoms with van der Waals surface area (Å²) in [6, 6.07) is 0.321. The highest BCUT2D eigenvalue weighted by atomic mass is 32.2. The van der Waals surface area contributed by atoms with Gasteiger partial charge in [0.2, 0.25) is 0 Å². The van der Waals surface area contributed by atoms with Crippen LogP contribution in [0.25, 0.3) is 0 Å². The summed E-state index contributed by atoms with van der Waals surface area (Å²) < 4.78 is 21.9. The first-order chi connectivity index (χ1) is 6.28. The number of hydrogen-bond donors (Lipinski definition) is 1. The fourth-order valence-electron chi connectivity index (χ4n) is 1.14. The molecule has 0 saturated carbocycles. The van der Waals surface area contributed by atoms with Crippen molar-refractivity contribution in [3.63, 3.8) is 0 Å². The van der Waals surface area contributed by atoms with Crippen LogP contribution in [0, 0.1) is 5.92 Å². The van der Waals surface area contributed by atoms with Gasteiger partial charge in [0.25, 0.3) is 0 Å². The van der Waals surface area contributed by atoms with Crippen LogP contribution in [-0.4, -0.2) is 51.5 Å². The minimum absolute atomic E-state index is 0.213. The second-order valence-electron chi connectivity index (χ2n) is 4.06. The van der Waals surface area contributed by atoms with Crippen molar-refractivity contribution in [3.8, 4) is 0 Å². The van der Waals surface area contributed by atoms with Crippen LogP contribution < -0.4 is 5.73 Å². The Labute approximate surface area is 87.4 Å². The maximum Gasteiger partial charge on any atom is 0.148 e. The van der Waals surface area contributed by atoms with E-state index in [9.17, 15) is 8.42 Å². The molecule has 0 aromatic carbocycles. The van der Waals surface area contributed by atoms with Crippen molar-refractivity contribution in [2.75, 3.05) is 32.1 Å². The number of nitrogens with zero attached hydrogens (tertiary/aromatic N) is 1. The largest absolute Gasteiger partial charge is 0.330 e. The lowest BCUT2D eigenvalue weighted by atomic mass is 10.0. The first kappa shape index (κ1) is 13.9. The van der Waals surface area contributed by atoms with Gasteiger partial charge in [0.15, 0.2) is 0 Å². The van der Waals surface area contributed by atoms with Gasteiger partial charge in [0.1, 0.15) is 9.84 Å². The number of sulfone groups is 1. The van der Waals surface area contributed by atoms with Crippen molar-refractivity contribution in [1.82, 2.24) is 4.90 Å². The first-order valence-corrected chi connectivity index (χ1v) is 6.92. The van der Waals surface area contributed by atoms with Crippen LogP contribution in [0.3, 0.4) is 0 Å². The van der Waals surface area contributed by atoms with Gasteiger partial charge in [-0.05, 0) is 26.4 Å². The summed E-state index contributed by atoms with van der Waals surface area (Å²) in [5.41, 5.74) is 5.55. The normalized spacial score (nSPS) is 17.0. The molecule has 2 N–H and O–H groups in total. The van der Waals surface area contributed by atoms with Crippen LogP contribution in [0.1, 0.15) is 13.8 Å². The summed E-state index contributed by atoms with van der Waals surface area (Å²) in [5.74, 6) is 0.602. The predicted molar refractivity (Wildman–Crippen MR) is 60.0 cm³/mol. The molecule has 0 radical (unpaired) electrons. The monoisotopic (exact) mass is 222 g/mol. The van der Waals surface area contributed by atoms with Crippen LogP contribution in [-0.2, 0) is 9.84 Å². The highest BCUT2D eigenvalue weighted by molar-refractivity contribution is 7.90. The molecule has 0 rings (SSSR count). The predicted octanol–water partition coefficient (Wildman–Crippen LogP) is -0.0539. The van der Waals surface area contributed by atoms with Crippen molar-refractivity contribution in [1.29, 1.82) is 0 Å². The molecule has 86 valence electrons. The van der Waals surface area contributed by atoms with Crippen LogP contribution in [0.15, 0.2) is 0 Å². The molecule has 2 unspecified atom stereocenters. The average molecular weight is 222 g/mol. The Hall–Kier alpha value is -0.130. The van der Waals surface area contributed by atoms with Gasteiger partial charge in [-0.25, -0.2) is 8.42 Å². The molecular formula is C9H22N2O2S. The number of rotatable bonds is 6. The molecule has 0 aliphatic rings. The quantitative estimate of drug-likeness (QED) is 0.684. The highest BCUT2D eigenvalue weighted by Gasteiger charge is 2.16. The average Bonchev–Trinajstić information content (AvgIpc) is 2.10. The van der Waals surface area contributed by atoms with Crippen molar-refractivity contribution in [2.24, 2.45) is 11.7 Å². The Kier molecular flexibility index (Phi) is 5.63. The summed E-state index contributed by atoms with van der Waals surface area (Å²) in [6.07, 6.45) is 1.26. The van der Waals surface area contributed by atoms with E-state index in [0.29, 0.717) is 25.0 Å². The highest BCUT2D eigenvalue weighted by Crippen LogP contribution is 2.07. The summed E-state index contributed by atoms with van der Waals surface area (Å²) >= 11 is 0. The molecule has 0 bridgehead atoms. The minimum atomic E-state index is -2.86. The molecule has 0 saturated heterocycles. The zero-order chi connectivity index (χ0) is 11.4. The fraction of sp³-hybridized carbons (Fsp3) is 1.00. The maximum atomic E-state index is 10.9. The van der Waals surface area contributed by atoms with E-state index >= 15 is 0 Å². The van der Waals surface area contributed by atoms with Gasteiger partial charge in [0, 0.05) is 18.8 Å². The molecule has 0 aromatic rings. The molecule has 14 heavy (non-hydrogen) atoms. The van der Waals surface area contributed by atoms with E-state index in [-0.39, 0.29) is 5.75 Å². The molecule has 0 heterocycles. The zero-order valence-corrected chi connectivity index (χ0v) is 10.3. The molecule has 2 atom stereocenters. The molecular weight excluding hydrogens is 200 g/mol. The number of nitrogens with two attached hydrogens (primary N) is 1. The molecule has 0 aliphatic carbocycles. The lowest BCUT2D eigenvalue weighted by molar-refractivity contribution is 0.212. The van der Waals surface area contributed by atoms with Gasteiger partial charge < -0.3 is 10.6 Å². The second kappa shape index (κ2) is 5.68. The lowest BCUT2D eigenvalue weighted by Crippen LogP contribution is -2.39. The lowest BCUT2D eigenvalue weighted by Gasteiger charge is -2.28. The Morgan fingerprint density at radius 3 is 2.21 bits per heavy atom. The Morgan fingerprint density at radius 1 is 1.36 bits per heavy atom. The molecule has 0 spiro atoms. The van der Waals surface area contributed by atoms with E-state index in [2.05, 4.69) is 13.8 Å². The SMILES string of the molecule is CC(CN)C(C)N(C)CCS(C)(=O)=O. The van der Waals surface area contributed by atoms with Gasteiger partial charge in [0.05, 0.1) is 5.75 Å². The van der Waals surface area contributed by atoms with Gasteiger partial charge in [-0.3, -0.25) is 0 Å². The fourth-order valence-corrected chi connectivity index (χ4v) is 1.76. The molecule has 0 amide bonds. The van der Waals surface area contributed by atoms with E-state index < -0.39 is 9.84 Å². The molecule has 5 heteroatoms. The summed E-state index contributed by atoms with van der Waals surface area (Å²) in [4.78, 5) is 2.04. The van der Waals surface area contributed by atoms with Gasteiger partial charge in [-0.15, -0.1) is 0 Å².